The first-order chi connectivity index (χ1) is 7.25. The van der Waals surface area contributed by atoms with Gasteiger partial charge in [0.15, 0.2) is 0 Å². The van der Waals surface area contributed by atoms with Crippen LogP contribution in [0.25, 0.3) is 0 Å². The number of rotatable bonds is 3. The van der Waals surface area contributed by atoms with Crippen molar-refractivity contribution in [1.82, 2.24) is 4.98 Å². The highest BCUT2D eigenvalue weighted by molar-refractivity contribution is 14.1. The Kier molecular flexibility index (Phi) is 4.16. The second-order valence-corrected chi connectivity index (χ2v) is 7.09. The quantitative estimate of drug-likeness (QED) is 0.555. The molecule has 0 radical (unpaired) electrons. The number of aromatic nitrogens is 1. The Morgan fingerprint density at radius 2 is 2.33 bits per heavy atom. The molecule has 15 heavy (non-hydrogen) atoms. The van der Waals surface area contributed by atoms with Crippen LogP contribution in [0, 0.1) is 2.88 Å². The first kappa shape index (κ1) is 11.5. The van der Waals surface area contributed by atoms with Gasteiger partial charge >= 0.3 is 0 Å². The molecule has 1 nitrogen and oxygen atoms in total. The lowest BCUT2D eigenvalue weighted by Crippen LogP contribution is -1.95. The monoisotopic (exact) mass is 393 g/mol. The summed E-state index contributed by atoms with van der Waals surface area (Å²) in [4.78, 5) is 4.69. The van der Waals surface area contributed by atoms with Crippen molar-refractivity contribution in [2.45, 2.75) is 11.2 Å². The van der Waals surface area contributed by atoms with E-state index in [0.717, 1.165) is 12.1 Å². The lowest BCUT2D eigenvalue weighted by Gasteiger charge is -2.06. The molecule has 2 aromatic rings. The van der Waals surface area contributed by atoms with Gasteiger partial charge in [-0.2, -0.15) is 0 Å². The van der Waals surface area contributed by atoms with Crippen LogP contribution in [0.3, 0.4) is 0 Å². The van der Waals surface area contributed by atoms with Gasteiger partial charge in [0.2, 0.25) is 0 Å². The molecule has 2 aromatic heterocycles. The van der Waals surface area contributed by atoms with E-state index in [1.54, 1.807) is 11.3 Å². The minimum absolute atomic E-state index is 0.368. The Bertz CT molecular complexity index is 429. The van der Waals surface area contributed by atoms with Crippen molar-refractivity contribution in [1.29, 1.82) is 0 Å². The van der Waals surface area contributed by atoms with Gasteiger partial charge in [-0.1, -0.05) is 22.0 Å². The smallest absolute Gasteiger partial charge is 0.0656 e. The minimum Gasteiger partial charge on any atom is -0.261 e. The van der Waals surface area contributed by atoms with E-state index >= 15 is 0 Å². The van der Waals surface area contributed by atoms with Crippen LogP contribution in [0.15, 0.2) is 35.8 Å². The molecule has 4 heteroatoms. The predicted octanol–water partition coefficient (Wildman–Crippen LogP) is 4.43. The number of halogens is 2. The molecule has 0 saturated heterocycles. The van der Waals surface area contributed by atoms with E-state index in [9.17, 15) is 0 Å². The van der Waals surface area contributed by atoms with Crippen LogP contribution in [0.4, 0.5) is 0 Å². The highest BCUT2D eigenvalue weighted by atomic mass is 127. The lowest BCUT2D eigenvalue weighted by molar-refractivity contribution is 0.908. The largest absolute Gasteiger partial charge is 0.261 e. The molecule has 1 atom stereocenters. The van der Waals surface area contributed by atoms with E-state index in [0.29, 0.717) is 4.83 Å². The van der Waals surface area contributed by atoms with Crippen molar-refractivity contribution >= 4 is 49.9 Å². The van der Waals surface area contributed by atoms with Crippen molar-refractivity contribution in [2.24, 2.45) is 0 Å². The SMILES string of the molecule is BrC(Cc1ccccn1)c1csc(I)c1. The number of thiophene rings is 1. The van der Waals surface area contributed by atoms with Gasteiger partial charge in [0.05, 0.1) is 2.88 Å². The molecule has 0 bridgehead atoms. The Morgan fingerprint density at radius 1 is 1.47 bits per heavy atom. The average Bonchev–Trinajstić information content (AvgIpc) is 2.66. The fraction of sp³-hybridized carbons (Fsp3) is 0.182. The molecule has 0 saturated carbocycles. The van der Waals surface area contributed by atoms with Crippen LogP contribution in [-0.4, -0.2) is 4.98 Å². The Hall–Kier alpha value is 0.0600. The number of hydrogen-bond donors (Lipinski definition) is 0. The predicted molar refractivity (Wildman–Crippen MR) is 76.6 cm³/mol. The van der Waals surface area contributed by atoms with Gasteiger partial charge in [0, 0.05) is 23.1 Å². The van der Waals surface area contributed by atoms with Crippen LogP contribution in [0.5, 0.6) is 0 Å². The van der Waals surface area contributed by atoms with Gasteiger partial charge in [0.25, 0.3) is 0 Å². The second kappa shape index (κ2) is 5.41. The van der Waals surface area contributed by atoms with Crippen molar-refractivity contribution in [3.05, 3.63) is 50.0 Å². The zero-order chi connectivity index (χ0) is 10.7. The third-order valence-electron chi connectivity index (χ3n) is 2.06. The average molecular weight is 394 g/mol. The number of hydrogen-bond acceptors (Lipinski definition) is 2. The molecule has 78 valence electrons. The summed E-state index contributed by atoms with van der Waals surface area (Å²) in [6.45, 7) is 0. The molecular formula is C11H9BrINS. The fourth-order valence-electron chi connectivity index (χ4n) is 1.31. The third kappa shape index (κ3) is 3.26. The number of pyridine rings is 1. The molecule has 2 rings (SSSR count). The van der Waals surface area contributed by atoms with E-state index in [1.165, 1.54) is 8.45 Å². The van der Waals surface area contributed by atoms with Crippen molar-refractivity contribution in [3.63, 3.8) is 0 Å². The van der Waals surface area contributed by atoms with Gasteiger partial charge in [-0.15, -0.1) is 11.3 Å². The molecule has 2 heterocycles. The second-order valence-electron chi connectivity index (χ2n) is 3.18. The van der Waals surface area contributed by atoms with Crippen LogP contribution in [0.2, 0.25) is 0 Å². The molecule has 0 fully saturated rings. The zero-order valence-corrected chi connectivity index (χ0v) is 12.4. The summed E-state index contributed by atoms with van der Waals surface area (Å²) < 4.78 is 1.33. The van der Waals surface area contributed by atoms with Crippen molar-refractivity contribution in [2.75, 3.05) is 0 Å². The van der Waals surface area contributed by atoms with Gasteiger partial charge in [-0.25, -0.2) is 0 Å². The Balaban J connectivity index is 2.07. The molecule has 1 unspecified atom stereocenters. The third-order valence-corrected chi connectivity index (χ3v) is 4.72. The summed E-state index contributed by atoms with van der Waals surface area (Å²) in [6.07, 6.45) is 2.78. The van der Waals surface area contributed by atoms with E-state index in [1.807, 2.05) is 18.3 Å². The standard InChI is InChI=1S/C11H9BrINS/c12-10(8-5-11(13)15-7-8)6-9-3-1-2-4-14-9/h1-5,7,10H,6H2. The fourth-order valence-corrected chi connectivity index (χ4v) is 3.51. The van der Waals surface area contributed by atoms with Crippen LogP contribution in [-0.2, 0) is 6.42 Å². The van der Waals surface area contributed by atoms with Gasteiger partial charge in [0.1, 0.15) is 0 Å². The van der Waals surface area contributed by atoms with Gasteiger partial charge in [-0.3, -0.25) is 4.98 Å². The summed E-state index contributed by atoms with van der Waals surface area (Å²) >= 11 is 7.83. The Labute approximate surface area is 115 Å². The maximum absolute atomic E-state index is 4.32. The van der Waals surface area contributed by atoms with Gasteiger partial charge in [-0.05, 0) is 51.7 Å². The highest BCUT2D eigenvalue weighted by Crippen LogP contribution is 2.30. The number of alkyl halides is 1. The summed E-state index contributed by atoms with van der Waals surface area (Å²) in [5.74, 6) is 0. The summed E-state index contributed by atoms with van der Waals surface area (Å²) in [5.41, 5.74) is 2.47. The van der Waals surface area contributed by atoms with E-state index in [2.05, 4.69) is 61.0 Å². The minimum atomic E-state index is 0.368. The first-order valence-corrected chi connectivity index (χ1v) is 7.41. The first-order valence-electron chi connectivity index (χ1n) is 4.53. The molecular weight excluding hydrogens is 385 g/mol. The number of nitrogens with zero attached hydrogens (tertiary/aromatic N) is 1. The lowest BCUT2D eigenvalue weighted by atomic mass is 10.1. The maximum Gasteiger partial charge on any atom is 0.0656 e. The van der Waals surface area contributed by atoms with E-state index in [4.69, 9.17) is 0 Å². The van der Waals surface area contributed by atoms with Crippen molar-refractivity contribution in [3.8, 4) is 0 Å². The normalized spacial score (nSPS) is 12.7. The summed E-state index contributed by atoms with van der Waals surface area (Å²) in [6, 6.07) is 8.25. The zero-order valence-electron chi connectivity index (χ0n) is 7.86. The molecule has 0 amide bonds. The summed E-state index contributed by atoms with van der Waals surface area (Å²) in [5, 5.41) is 2.20. The van der Waals surface area contributed by atoms with Crippen molar-refractivity contribution < 1.29 is 0 Å². The summed E-state index contributed by atoms with van der Waals surface area (Å²) in [7, 11) is 0. The maximum atomic E-state index is 4.32. The van der Waals surface area contributed by atoms with E-state index < -0.39 is 0 Å². The molecule has 0 aliphatic rings. The molecule has 0 aromatic carbocycles. The van der Waals surface area contributed by atoms with Crippen LogP contribution in [0.1, 0.15) is 16.1 Å². The Morgan fingerprint density at radius 3 is 2.93 bits per heavy atom. The van der Waals surface area contributed by atoms with Crippen LogP contribution < -0.4 is 0 Å². The van der Waals surface area contributed by atoms with E-state index in [-0.39, 0.29) is 0 Å². The molecule has 0 spiro atoms. The topological polar surface area (TPSA) is 12.9 Å². The molecule has 0 aliphatic heterocycles. The molecule has 0 N–H and O–H groups in total. The highest BCUT2D eigenvalue weighted by Gasteiger charge is 2.10. The molecule has 0 aliphatic carbocycles. The van der Waals surface area contributed by atoms with Crippen LogP contribution >= 0.6 is 49.9 Å². The van der Waals surface area contributed by atoms with Gasteiger partial charge < -0.3 is 0 Å².